The summed E-state index contributed by atoms with van der Waals surface area (Å²) in [6, 6.07) is 8.59. The first kappa shape index (κ1) is 19.4. The molecule has 5 nitrogen and oxygen atoms in total. The van der Waals surface area contributed by atoms with Crippen molar-refractivity contribution in [1.29, 1.82) is 0 Å². The van der Waals surface area contributed by atoms with E-state index in [1.165, 1.54) is 35.6 Å². The Morgan fingerprint density at radius 3 is 2.72 bits per heavy atom. The van der Waals surface area contributed by atoms with Crippen molar-refractivity contribution in [2.75, 3.05) is 0 Å². The Labute approximate surface area is 167 Å². The molecule has 1 aliphatic rings. The van der Waals surface area contributed by atoms with Crippen molar-refractivity contribution in [1.82, 2.24) is 9.55 Å². The molecular formula is C20H15F3N2O3S. The van der Waals surface area contributed by atoms with Crippen molar-refractivity contribution in [3.8, 4) is 16.2 Å². The minimum Gasteiger partial charge on any atom is -0.406 e. The van der Waals surface area contributed by atoms with Crippen LogP contribution in [-0.4, -0.2) is 27.5 Å². The molecule has 0 saturated heterocycles. The average molecular weight is 420 g/mol. The van der Waals surface area contributed by atoms with Gasteiger partial charge in [-0.05, 0) is 48.4 Å². The van der Waals surface area contributed by atoms with E-state index >= 15 is 0 Å². The second kappa shape index (κ2) is 7.47. The SMILES string of the molecule is O=C1CC[C@H](C(=O)Cc2ncc(-c3ccc(OC(F)(F)F)cc3)s2)n2cccc21. The fourth-order valence-electron chi connectivity index (χ4n) is 3.37. The smallest absolute Gasteiger partial charge is 0.406 e. The Hall–Kier alpha value is -2.94. The number of hydrogen-bond acceptors (Lipinski definition) is 5. The summed E-state index contributed by atoms with van der Waals surface area (Å²) in [5.74, 6) is -0.283. The van der Waals surface area contributed by atoms with Crippen molar-refractivity contribution >= 4 is 22.9 Å². The lowest BCUT2D eigenvalue weighted by Crippen LogP contribution is -2.28. The average Bonchev–Trinajstić information content (AvgIpc) is 3.31. The minimum absolute atomic E-state index is 0.0234. The number of halogens is 3. The summed E-state index contributed by atoms with van der Waals surface area (Å²) in [5.41, 5.74) is 1.24. The number of carbonyl (C=O) groups is 2. The number of thiazole rings is 1. The molecule has 0 N–H and O–H groups in total. The van der Waals surface area contributed by atoms with Crippen LogP contribution in [-0.2, 0) is 11.2 Å². The lowest BCUT2D eigenvalue weighted by atomic mass is 9.97. The van der Waals surface area contributed by atoms with E-state index in [1.807, 2.05) is 0 Å². The van der Waals surface area contributed by atoms with Gasteiger partial charge in [0, 0.05) is 18.8 Å². The van der Waals surface area contributed by atoms with Gasteiger partial charge in [-0.25, -0.2) is 4.98 Å². The topological polar surface area (TPSA) is 61.2 Å². The van der Waals surface area contributed by atoms with Crippen LogP contribution >= 0.6 is 11.3 Å². The van der Waals surface area contributed by atoms with Gasteiger partial charge in [0.15, 0.2) is 11.6 Å². The molecule has 0 spiro atoms. The highest BCUT2D eigenvalue weighted by molar-refractivity contribution is 7.15. The molecule has 0 unspecified atom stereocenters. The molecule has 9 heteroatoms. The summed E-state index contributed by atoms with van der Waals surface area (Å²) in [6.45, 7) is 0. The van der Waals surface area contributed by atoms with Gasteiger partial charge in [0.05, 0.1) is 23.0 Å². The minimum atomic E-state index is -4.73. The summed E-state index contributed by atoms with van der Waals surface area (Å²) < 4.78 is 42.4. The highest BCUT2D eigenvalue weighted by Gasteiger charge is 2.31. The Morgan fingerprint density at radius 2 is 2.00 bits per heavy atom. The molecule has 3 aromatic rings. The zero-order chi connectivity index (χ0) is 20.6. The molecular weight excluding hydrogens is 405 g/mol. The van der Waals surface area contributed by atoms with E-state index in [2.05, 4.69) is 9.72 Å². The molecule has 29 heavy (non-hydrogen) atoms. The summed E-state index contributed by atoms with van der Waals surface area (Å²) in [7, 11) is 0. The molecule has 1 aromatic carbocycles. The molecule has 0 radical (unpaired) electrons. The van der Waals surface area contributed by atoms with E-state index in [9.17, 15) is 22.8 Å². The monoisotopic (exact) mass is 420 g/mol. The molecule has 3 heterocycles. The third-order valence-corrected chi connectivity index (χ3v) is 5.71. The van der Waals surface area contributed by atoms with E-state index < -0.39 is 6.36 Å². The van der Waals surface area contributed by atoms with Crippen LogP contribution < -0.4 is 4.74 Å². The number of ketones is 2. The molecule has 150 valence electrons. The second-order valence-electron chi connectivity index (χ2n) is 6.61. The van der Waals surface area contributed by atoms with Crippen LogP contribution in [0.5, 0.6) is 5.75 Å². The van der Waals surface area contributed by atoms with Crippen LogP contribution in [0.2, 0.25) is 0 Å². The molecule has 0 saturated carbocycles. The number of benzene rings is 1. The highest BCUT2D eigenvalue weighted by atomic mass is 32.1. The lowest BCUT2D eigenvalue weighted by molar-refractivity contribution is -0.274. The number of rotatable bonds is 5. The number of carbonyl (C=O) groups excluding carboxylic acids is 2. The number of nitrogens with zero attached hydrogens (tertiary/aromatic N) is 2. The number of alkyl halides is 3. The molecule has 0 bridgehead atoms. The molecule has 1 aliphatic heterocycles. The van der Waals surface area contributed by atoms with E-state index in [0.29, 0.717) is 29.1 Å². The Morgan fingerprint density at radius 1 is 1.24 bits per heavy atom. The number of fused-ring (bicyclic) bond motifs is 1. The maximum Gasteiger partial charge on any atom is 0.573 e. The standard InChI is InChI=1S/C20H15F3N2O3S/c21-20(22,23)28-13-5-3-12(4-6-13)18-11-24-19(29-18)10-17(27)15-7-8-16(26)14-2-1-9-25(14)15/h1-6,9,11,15H,7-8,10H2/t15-/m1/s1. The zero-order valence-corrected chi connectivity index (χ0v) is 15.8. The van der Waals surface area contributed by atoms with Gasteiger partial charge >= 0.3 is 6.36 Å². The van der Waals surface area contributed by atoms with E-state index in [4.69, 9.17) is 0 Å². The summed E-state index contributed by atoms with van der Waals surface area (Å²) >= 11 is 1.31. The fraction of sp³-hybridized carbons (Fsp3) is 0.250. The summed E-state index contributed by atoms with van der Waals surface area (Å²) in [6.07, 6.45) is -0.446. The van der Waals surface area contributed by atoms with Crippen molar-refractivity contribution in [2.24, 2.45) is 0 Å². The Bertz CT molecular complexity index is 1050. The van der Waals surface area contributed by atoms with Gasteiger partial charge in [0.2, 0.25) is 0 Å². The quantitative estimate of drug-likeness (QED) is 0.593. The first-order valence-electron chi connectivity index (χ1n) is 8.84. The third kappa shape index (κ3) is 4.24. The Balaban J connectivity index is 1.45. The van der Waals surface area contributed by atoms with Gasteiger partial charge in [-0.1, -0.05) is 0 Å². The number of Topliss-reactive ketones (excluding diaryl/α,β-unsaturated/α-hetero) is 2. The van der Waals surface area contributed by atoms with Crippen LogP contribution in [0.15, 0.2) is 48.8 Å². The molecule has 1 atom stereocenters. The number of aromatic nitrogens is 2. The maximum absolute atomic E-state index is 12.8. The second-order valence-corrected chi connectivity index (χ2v) is 7.73. The van der Waals surface area contributed by atoms with Crippen molar-refractivity contribution in [3.63, 3.8) is 0 Å². The number of ether oxygens (including phenoxy) is 1. The van der Waals surface area contributed by atoms with Crippen LogP contribution in [0.25, 0.3) is 10.4 Å². The fourth-order valence-corrected chi connectivity index (χ4v) is 4.30. The predicted molar refractivity (Wildman–Crippen MR) is 100.0 cm³/mol. The van der Waals surface area contributed by atoms with Gasteiger partial charge in [-0.15, -0.1) is 24.5 Å². The van der Waals surface area contributed by atoms with E-state index in [-0.39, 0.29) is 29.8 Å². The van der Waals surface area contributed by atoms with Gasteiger partial charge in [0.25, 0.3) is 0 Å². The van der Waals surface area contributed by atoms with Gasteiger partial charge in [0.1, 0.15) is 10.8 Å². The summed E-state index contributed by atoms with van der Waals surface area (Å²) in [4.78, 5) is 29.7. The lowest BCUT2D eigenvalue weighted by Gasteiger charge is -2.24. The van der Waals surface area contributed by atoms with Crippen molar-refractivity contribution in [2.45, 2.75) is 31.7 Å². The van der Waals surface area contributed by atoms with Crippen molar-refractivity contribution < 1.29 is 27.5 Å². The summed E-state index contributed by atoms with van der Waals surface area (Å²) in [5, 5.41) is 0.617. The first-order valence-corrected chi connectivity index (χ1v) is 9.65. The molecule has 0 aliphatic carbocycles. The van der Waals surface area contributed by atoms with Crippen LogP contribution in [0.3, 0.4) is 0 Å². The van der Waals surface area contributed by atoms with Gasteiger partial charge in [-0.2, -0.15) is 0 Å². The predicted octanol–water partition coefficient (Wildman–Crippen LogP) is 4.84. The molecule has 2 aromatic heterocycles. The van der Waals surface area contributed by atoms with Gasteiger partial charge < -0.3 is 9.30 Å². The van der Waals surface area contributed by atoms with Gasteiger partial charge in [-0.3, -0.25) is 9.59 Å². The van der Waals surface area contributed by atoms with Crippen LogP contribution in [0, 0.1) is 0 Å². The third-order valence-electron chi connectivity index (χ3n) is 4.67. The normalized spacial score (nSPS) is 16.5. The zero-order valence-electron chi connectivity index (χ0n) is 15.0. The van der Waals surface area contributed by atoms with Crippen LogP contribution in [0.1, 0.15) is 34.4 Å². The largest absolute Gasteiger partial charge is 0.573 e. The van der Waals surface area contributed by atoms with Crippen LogP contribution in [0.4, 0.5) is 13.2 Å². The van der Waals surface area contributed by atoms with Crippen molar-refractivity contribution in [3.05, 3.63) is 59.5 Å². The molecule has 0 fully saturated rings. The maximum atomic E-state index is 12.8. The highest BCUT2D eigenvalue weighted by Crippen LogP contribution is 2.31. The molecule has 4 rings (SSSR count). The molecule has 0 amide bonds. The first-order chi connectivity index (χ1) is 13.8. The Kier molecular flexibility index (Phi) is 4.99. The van der Waals surface area contributed by atoms with E-state index in [0.717, 1.165) is 4.88 Å². The number of hydrogen-bond donors (Lipinski definition) is 0. The van der Waals surface area contributed by atoms with E-state index in [1.54, 1.807) is 29.1 Å².